The maximum absolute atomic E-state index is 14.4. The van der Waals surface area contributed by atoms with E-state index >= 15 is 0 Å². The Hall–Kier alpha value is -6.26. The highest BCUT2D eigenvalue weighted by atomic mass is 16.8. The number of amides is 1. The predicted molar refractivity (Wildman–Crippen MR) is 333 cm³/mol. The van der Waals surface area contributed by atoms with Gasteiger partial charge < -0.3 is 47.9 Å². The van der Waals surface area contributed by atoms with Crippen LogP contribution in [0.2, 0.25) is 0 Å². The second kappa shape index (κ2) is 42.6. The summed E-state index contributed by atoms with van der Waals surface area (Å²) in [5, 5.41) is 3.13. The Morgan fingerprint density at radius 2 is 0.942 bits per heavy atom. The van der Waals surface area contributed by atoms with E-state index in [1.54, 1.807) is 101 Å². The first kappa shape index (κ1) is 72.2. The number of allylic oxidation sites excluding steroid dienone is 1. The molecular formula is C70H103NO15. The molecule has 16 nitrogen and oxygen atoms in total. The maximum Gasteiger partial charge on any atom is 0.509 e. The Labute approximate surface area is 513 Å². The summed E-state index contributed by atoms with van der Waals surface area (Å²) in [5.74, 6) is -4.96. The molecule has 7 atom stereocenters. The van der Waals surface area contributed by atoms with Crippen LogP contribution >= 0.6 is 0 Å². The fraction of sp³-hybridized carbons (Fsp3) is 0.629. The van der Waals surface area contributed by atoms with Crippen molar-refractivity contribution in [3.63, 3.8) is 0 Å². The van der Waals surface area contributed by atoms with Crippen molar-refractivity contribution in [1.82, 2.24) is 5.32 Å². The molecule has 1 saturated heterocycles. The van der Waals surface area contributed by atoms with Crippen LogP contribution in [-0.4, -0.2) is 104 Å². The van der Waals surface area contributed by atoms with Gasteiger partial charge in [0.15, 0.2) is 18.3 Å². The minimum Gasteiger partial charge on any atom is -0.452 e. The molecule has 0 aromatic heterocycles. The molecule has 1 aliphatic rings. The number of benzene rings is 3. The predicted octanol–water partition coefficient (Wildman–Crippen LogP) is 16.5. The average molecular weight is 1200 g/mol. The number of rotatable bonds is 43. The monoisotopic (exact) mass is 1200 g/mol. The number of carbonyl (C=O) groups is 6. The lowest BCUT2D eigenvalue weighted by Gasteiger charge is -2.49. The third-order valence-corrected chi connectivity index (χ3v) is 15.0. The third-order valence-electron chi connectivity index (χ3n) is 15.0. The molecule has 3 aromatic carbocycles. The van der Waals surface area contributed by atoms with E-state index in [-0.39, 0.29) is 29.0 Å². The van der Waals surface area contributed by atoms with Crippen molar-refractivity contribution in [3.8, 4) is 0 Å². The Morgan fingerprint density at radius 1 is 0.512 bits per heavy atom. The lowest BCUT2D eigenvalue weighted by atomic mass is 9.92. The van der Waals surface area contributed by atoms with Gasteiger partial charge in [-0.25, -0.2) is 24.0 Å². The molecule has 0 saturated carbocycles. The Balaban J connectivity index is 1.73. The molecule has 0 radical (unpaired) electrons. The second-order valence-electron chi connectivity index (χ2n) is 23.3. The lowest BCUT2D eigenvalue weighted by molar-refractivity contribution is -0.356. The molecule has 16 heteroatoms. The zero-order valence-corrected chi connectivity index (χ0v) is 52.9. The van der Waals surface area contributed by atoms with Gasteiger partial charge in [0, 0.05) is 6.42 Å². The van der Waals surface area contributed by atoms with Crippen LogP contribution in [0, 0.1) is 0 Å². The van der Waals surface area contributed by atoms with Gasteiger partial charge in [-0.3, -0.25) is 4.79 Å². The zero-order chi connectivity index (χ0) is 62.2. The fourth-order valence-corrected chi connectivity index (χ4v) is 10.3. The highest BCUT2D eigenvalue weighted by Gasteiger charge is 2.60. The number of ether oxygens (including phenoxy) is 9. The SMILES string of the molecule is CCCCCCCCCCCCCC=C[C@@H](OC(=O)c1ccccc1)[C@H](CO[C@@]1(C)O[C@H](COC(=O)OC(C)C)[C@H](OC(=O)OC(C)C)[C@H](OC(=O)c2ccccc2)[C@H]1OC(=O)c1ccccc1)NC(=O)CCCCCCCCCCCCCCC. The molecule has 1 aliphatic heterocycles. The topological polar surface area (TPSA) is 198 Å². The molecule has 4 rings (SSSR count). The summed E-state index contributed by atoms with van der Waals surface area (Å²) in [6.45, 7) is 11.3. The van der Waals surface area contributed by atoms with Crippen molar-refractivity contribution < 1.29 is 71.4 Å². The second-order valence-corrected chi connectivity index (χ2v) is 23.3. The van der Waals surface area contributed by atoms with Crippen molar-refractivity contribution in [1.29, 1.82) is 0 Å². The van der Waals surface area contributed by atoms with E-state index in [9.17, 15) is 28.8 Å². The van der Waals surface area contributed by atoms with Gasteiger partial charge in [-0.05, 0) is 96.4 Å². The number of hydrogen-bond acceptors (Lipinski definition) is 15. The van der Waals surface area contributed by atoms with E-state index in [1.807, 2.05) is 6.08 Å². The number of hydrogen-bond donors (Lipinski definition) is 1. The van der Waals surface area contributed by atoms with Crippen molar-refractivity contribution in [3.05, 3.63) is 120 Å². The van der Waals surface area contributed by atoms with Crippen LogP contribution in [0.3, 0.4) is 0 Å². The highest BCUT2D eigenvalue weighted by Crippen LogP contribution is 2.38. The largest absolute Gasteiger partial charge is 0.509 e. The first-order chi connectivity index (χ1) is 41.6. The molecule has 86 heavy (non-hydrogen) atoms. The van der Waals surface area contributed by atoms with E-state index in [1.165, 1.54) is 128 Å². The van der Waals surface area contributed by atoms with Crippen molar-refractivity contribution in [2.45, 2.75) is 270 Å². The number of unbranched alkanes of at least 4 members (excludes halogenated alkanes) is 23. The molecular weight excluding hydrogens is 1090 g/mol. The molecule has 0 aliphatic carbocycles. The number of nitrogens with one attached hydrogen (secondary N) is 1. The smallest absolute Gasteiger partial charge is 0.452 e. The normalized spacial score (nSPS) is 18.2. The molecule has 1 N–H and O–H groups in total. The van der Waals surface area contributed by atoms with Gasteiger partial charge >= 0.3 is 30.2 Å². The van der Waals surface area contributed by atoms with Crippen molar-refractivity contribution in [2.24, 2.45) is 0 Å². The van der Waals surface area contributed by atoms with Crippen LogP contribution in [0.25, 0.3) is 0 Å². The van der Waals surface area contributed by atoms with Crippen LogP contribution < -0.4 is 5.32 Å². The Morgan fingerprint density at radius 3 is 1.42 bits per heavy atom. The summed E-state index contributed by atoms with van der Waals surface area (Å²) < 4.78 is 54.7. The molecule has 0 spiro atoms. The lowest BCUT2D eigenvalue weighted by Crippen LogP contribution is -2.68. The van der Waals surface area contributed by atoms with Crippen molar-refractivity contribution >= 4 is 36.1 Å². The molecule has 1 heterocycles. The van der Waals surface area contributed by atoms with Crippen molar-refractivity contribution in [2.75, 3.05) is 13.2 Å². The molecule has 0 bridgehead atoms. The van der Waals surface area contributed by atoms with Gasteiger partial charge in [-0.15, -0.1) is 0 Å². The van der Waals surface area contributed by atoms with Crippen LogP contribution in [0.5, 0.6) is 0 Å². The van der Waals surface area contributed by atoms with Gasteiger partial charge in [0.25, 0.3) is 0 Å². The average Bonchev–Trinajstić information content (AvgIpc) is 1.000. The highest BCUT2D eigenvalue weighted by molar-refractivity contribution is 5.91. The van der Waals surface area contributed by atoms with E-state index in [4.69, 9.17) is 42.6 Å². The van der Waals surface area contributed by atoms with E-state index in [0.717, 1.165) is 51.4 Å². The molecule has 1 fully saturated rings. The third kappa shape index (κ3) is 29.0. The first-order valence-electron chi connectivity index (χ1n) is 32.4. The zero-order valence-electron chi connectivity index (χ0n) is 52.9. The number of esters is 3. The van der Waals surface area contributed by atoms with E-state index in [0.29, 0.717) is 12.8 Å². The molecule has 1 amide bonds. The van der Waals surface area contributed by atoms with Crippen LogP contribution in [0.4, 0.5) is 9.59 Å². The number of carbonyl (C=O) groups excluding carboxylic acids is 6. The Kier molecular flexibility index (Phi) is 35.7. The molecule has 0 unspecified atom stereocenters. The van der Waals surface area contributed by atoms with Crippen LogP contribution in [-0.2, 0) is 47.4 Å². The fourth-order valence-electron chi connectivity index (χ4n) is 10.3. The summed E-state index contributed by atoms with van der Waals surface area (Å²) in [6.07, 6.45) is 21.1. The minimum atomic E-state index is -2.20. The standard InChI is InChI=1S/C70H103NO15/c1-8-10-12-14-16-18-20-22-24-26-28-30-41-49-59(82-65(73)55-43-35-32-36-44-55)58(71-61(72)50-42-31-29-27-25-23-21-19-17-15-13-11-9-2)51-79-70(7)64(85-67(75)57-47-39-34-40-48-57)63(83-66(74)56-45-37-33-38-46-56)62(84-69(77)81-54(5)6)60(86-70)52-78-68(76)80-53(3)4/h32-41,43-49,53-54,58-60,62-64H,8-31,42,50-52H2,1-7H3,(H,71,72)/t58-,59+,60+,62-,63-,64+,70-/m0/s1. The molecule has 3 aromatic rings. The van der Waals surface area contributed by atoms with Gasteiger partial charge in [0.1, 0.15) is 18.8 Å². The minimum absolute atomic E-state index is 0.0980. The molecule has 478 valence electrons. The summed E-state index contributed by atoms with van der Waals surface area (Å²) in [6, 6.07) is 23.5. The summed E-state index contributed by atoms with van der Waals surface area (Å²) in [4.78, 5) is 83.7. The summed E-state index contributed by atoms with van der Waals surface area (Å²) >= 11 is 0. The quantitative estimate of drug-likeness (QED) is 0.0243. The Bertz CT molecular complexity index is 2380. The van der Waals surface area contributed by atoms with Crippen LogP contribution in [0.1, 0.15) is 246 Å². The maximum atomic E-state index is 14.4. The van der Waals surface area contributed by atoms with Gasteiger partial charge in [-0.1, -0.05) is 216 Å². The van der Waals surface area contributed by atoms with E-state index < -0.39 is 98.0 Å². The first-order valence-corrected chi connectivity index (χ1v) is 32.4. The summed E-state index contributed by atoms with van der Waals surface area (Å²) in [7, 11) is 0. The van der Waals surface area contributed by atoms with Crippen LogP contribution in [0.15, 0.2) is 103 Å². The van der Waals surface area contributed by atoms with E-state index in [2.05, 4.69) is 19.2 Å². The van der Waals surface area contributed by atoms with Gasteiger partial charge in [0.05, 0.1) is 41.5 Å². The van der Waals surface area contributed by atoms with Gasteiger partial charge in [0.2, 0.25) is 11.7 Å². The summed E-state index contributed by atoms with van der Waals surface area (Å²) in [5.41, 5.74) is 0.491. The van der Waals surface area contributed by atoms with Gasteiger partial charge in [-0.2, -0.15) is 0 Å².